The van der Waals surface area contributed by atoms with Crippen molar-refractivity contribution in [3.63, 3.8) is 0 Å². The van der Waals surface area contributed by atoms with Crippen LogP contribution in [-0.4, -0.2) is 68.4 Å². The molecule has 0 atom stereocenters. The molecule has 18 heavy (non-hydrogen) atoms. The Morgan fingerprint density at radius 3 is 1.94 bits per heavy atom. The van der Waals surface area contributed by atoms with Crippen molar-refractivity contribution in [3.8, 4) is 0 Å². The first-order chi connectivity index (χ1) is 8.58. The number of ether oxygens (including phenoxy) is 2. The minimum atomic E-state index is -0.255. The van der Waals surface area contributed by atoms with Gasteiger partial charge in [-0.25, -0.2) is 0 Å². The maximum absolute atomic E-state index is 11.9. The topological polar surface area (TPSA) is 42.0 Å². The van der Waals surface area contributed by atoms with Gasteiger partial charge in [0.15, 0.2) is 6.29 Å². The first-order valence-corrected chi connectivity index (χ1v) is 6.78. The minimum absolute atomic E-state index is 0.147. The summed E-state index contributed by atoms with van der Waals surface area (Å²) in [6.07, 6.45) is -0.255. The largest absolute Gasteiger partial charge is 0.352 e. The second-order valence-electron chi connectivity index (χ2n) is 4.10. The third-order valence-corrected chi connectivity index (χ3v) is 2.69. The highest BCUT2D eigenvalue weighted by Gasteiger charge is 2.16. The van der Waals surface area contributed by atoms with E-state index in [-0.39, 0.29) is 12.2 Å². The van der Waals surface area contributed by atoms with Gasteiger partial charge in [-0.15, -0.1) is 0 Å². The predicted molar refractivity (Wildman–Crippen MR) is 72.5 cm³/mol. The number of carbonyl (C=O) groups excluding carboxylic acids is 1. The summed E-state index contributed by atoms with van der Waals surface area (Å²) in [7, 11) is 1.91. The molecule has 0 bridgehead atoms. The number of hydrogen-bond acceptors (Lipinski definition) is 4. The van der Waals surface area contributed by atoms with Crippen molar-refractivity contribution in [1.29, 1.82) is 0 Å². The second kappa shape index (κ2) is 10.3. The summed E-state index contributed by atoms with van der Waals surface area (Å²) in [4.78, 5) is 15.7. The smallest absolute Gasteiger partial charge is 0.236 e. The molecule has 0 fully saturated rings. The van der Waals surface area contributed by atoms with Crippen LogP contribution in [0.1, 0.15) is 27.7 Å². The molecule has 0 heterocycles. The molecule has 0 aliphatic heterocycles. The number of hydrogen-bond donors (Lipinski definition) is 0. The SMILES string of the molecule is CCOC(CN(C)CC(=O)N(CC)CC)OCC. The van der Waals surface area contributed by atoms with Gasteiger partial charge < -0.3 is 14.4 Å². The van der Waals surface area contributed by atoms with E-state index >= 15 is 0 Å². The lowest BCUT2D eigenvalue weighted by Crippen LogP contribution is -2.42. The Morgan fingerprint density at radius 1 is 1.06 bits per heavy atom. The lowest BCUT2D eigenvalue weighted by atomic mass is 10.4. The summed E-state index contributed by atoms with van der Waals surface area (Å²) in [6, 6.07) is 0. The number of rotatable bonds is 10. The van der Waals surface area contributed by atoms with Crippen LogP contribution >= 0.6 is 0 Å². The van der Waals surface area contributed by atoms with Crippen LogP contribution < -0.4 is 0 Å². The average Bonchev–Trinajstić information content (AvgIpc) is 2.30. The van der Waals surface area contributed by atoms with E-state index in [2.05, 4.69) is 0 Å². The van der Waals surface area contributed by atoms with Crippen LogP contribution in [0.15, 0.2) is 0 Å². The van der Waals surface area contributed by atoms with Gasteiger partial charge in [0.1, 0.15) is 0 Å². The summed E-state index contributed by atoms with van der Waals surface area (Å²) in [5.74, 6) is 0.147. The minimum Gasteiger partial charge on any atom is -0.352 e. The van der Waals surface area contributed by atoms with Gasteiger partial charge in [-0.05, 0) is 34.7 Å². The number of likely N-dealkylation sites (N-methyl/N-ethyl adjacent to an activating group) is 2. The Kier molecular flexibility index (Phi) is 9.92. The van der Waals surface area contributed by atoms with E-state index in [0.29, 0.717) is 26.3 Å². The fourth-order valence-corrected chi connectivity index (χ4v) is 1.75. The van der Waals surface area contributed by atoms with E-state index in [1.165, 1.54) is 0 Å². The zero-order valence-corrected chi connectivity index (χ0v) is 12.4. The summed E-state index contributed by atoms with van der Waals surface area (Å²) < 4.78 is 10.9. The fraction of sp³-hybridized carbons (Fsp3) is 0.923. The Hall–Kier alpha value is -0.650. The van der Waals surface area contributed by atoms with Crippen LogP contribution in [0, 0.1) is 0 Å². The average molecular weight is 260 g/mol. The highest BCUT2D eigenvalue weighted by atomic mass is 16.7. The Labute approximate surface area is 111 Å². The molecular formula is C13H28N2O3. The Balaban J connectivity index is 4.13. The maximum atomic E-state index is 11.9. The Morgan fingerprint density at radius 2 is 1.56 bits per heavy atom. The summed E-state index contributed by atoms with van der Waals surface area (Å²) in [5, 5.41) is 0. The molecule has 0 saturated heterocycles. The van der Waals surface area contributed by atoms with E-state index < -0.39 is 0 Å². The first-order valence-electron chi connectivity index (χ1n) is 6.78. The van der Waals surface area contributed by atoms with Gasteiger partial charge in [-0.1, -0.05) is 0 Å². The molecule has 108 valence electrons. The van der Waals surface area contributed by atoms with Crippen LogP contribution in [-0.2, 0) is 14.3 Å². The lowest BCUT2D eigenvalue weighted by Gasteiger charge is -2.26. The molecular weight excluding hydrogens is 232 g/mol. The van der Waals surface area contributed by atoms with Crippen molar-refractivity contribution in [1.82, 2.24) is 9.80 Å². The molecule has 5 heteroatoms. The molecule has 0 saturated carbocycles. The number of nitrogens with zero attached hydrogens (tertiary/aromatic N) is 2. The van der Waals surface area contributed by atoms with Gasteiger partial charge in [0, 0.05) is 32.8 Å². The lowest BCUT2D eigenvalue weighted by molar-refractivity contribution is -0.149. The second-order valence-corrected chi connectivity index (χ2v) is 4.10. The molecule has 0 aromatic heterocycles. The molecule has 1 amide bonds. The molecule has 0 spiro atoms. The standard InChI is InChI=1S/C13H28N2O3/c1-6-15(7-2)12(16)10-14(5)11-13(17-8-3)18-9-4/h13H,6-11H2,1-5H3. The van der Waals surface area contributed by atoms with Crippen molar-refractivity contribution in [2.45, 2.75) is 34.0 Å². The van der Waals surface area contributed by atoms with Crippen LogP contribution in [0.3, 0.4) is 0 Å². The van der Waals surface area contributed by atoms with Gasteiger partial charge in [0.05, 0.1) is 6.54 Å². The first kappa shape index (κ1) is 17.4. The van der Waals surface area contributed by atoms with Gasteiger partial charge in [-0.3, -0.25) is 9.69 Å². The third-order valence-electron chi connectivity index (χ3n) is 2.69. The molecule has 0 radical (unpaired) electrons. The van der Waals surface area contributed by atoms with E-state index in [4.69, 9.17) is 9.47 Å². The molecule has 0 aromatic rings. The molecule has 0 aliphatic rings. The van der Waals surface area contributed by atoms with Crippen LogP contribution in [0.4, 0.5) is 0 Å². The van der Waals surface area contributed by atoms with Crippen molar-refractivity contribution < 1.29 is 14.3 Å². The highest BCUT2D eigenvalue weighted by molar-refractivity contribution is 5.78. The number of carbonyl (C=O) groups is 1. The van der Waals surface area contributed by atoms with Crippen molar-refractivity contribution in [2.75, 3.05) is 46.4 Å². The zero-order chi connectivity index (χ0) is 14.0. The summed E-state index contributed by atoms with van der Waals surface area (Å²) >= 11 is 0. The van der Waals surface area contributed by atoms with Gasteiger partial charge in [0.2, 0.25) is 5.91 Å². The summed E-state index contributed by atoms with van der Waals surface area (Å²) in [6.45, 7) is 11.6. The number of amides is 1. The van der Waals surface area contributed by atoms with Crippen LogP contribution in [0.5, 0.6) is 0 Å². The summed E-state index contributed by atoms with van der Waals surface area (Å²) in [5.41, 5.74) is 0. The van der Waals surface area contributed by atoms with Crippen molar-refractivity contribution >= 4 is 5.91 Å². The van der Waals surface area contributed by atoms with E-state index in [1.54, 1.807) is 0 Å². The third kappa shape index (κ3) is 6.93. The predicted octanol–water partition coefficient (Wildman–Crippen LogP) is 1.19. The van der Waals surface area contributed by atoms with E-state index in [0.717, 1.165) is 13.1 Å². The van der Waals surface area contributed by atoms with Crippen molar-refractivity contribution in [3.05, 3.63) is 0 Å². The van der Waals surface area contributed by atoms with Gasteiger partial charge in [-0.2, -0.15) is 0 Å². The van der Waals surface area contributed by atoms with Crippen molar-refractivity contribution in [2.24, 2.45) is 0 Å². The normalized spacial score (nSPS) is 11.3. The monoisotopic (exact) mass is 260 g/mol. The molecule has 0 unspecified atom stereocenters. The molecule has 0 N–H and O–H groups in total. The maximum Gasteiger partial charge on any atom is 0.236 e. The molecule has 0 aliphatic carbocycles. The molecule has 0 rings (SSSR count). The zero-order valence-electron chi connectivity index (χ0n) is 12.4. The molecule has 0 aromatic carbocycles. The Bertz CT molecular complexity index is 214. The molecule has 5 nitrogen and oxygen atoms in total. The fourth-order valence-electron chi connectivity index (χ4n) is 1.75. The van der Waals surface area contributed by atoms with E-state index in [9.17, 15) is 4.79 Å². The van der Waals surface area contributed by atoms with E-state index in [1.807, 2.05) is 44.5 Å². The van der Waals surface area contributed by atoms with Gasteiger partial charge in [0.25, 0.3) is 0 Å². The van der Waals surface area contributed by atoms with Gasteiger partial charge >= 0.3 is 0 Å². The highest BCUT2D eigenvalue weighted by Crippen LogP contribution is 1.99. The quantitative estimate of drug-likeness (QED) is 0.553. The van der Waals surface area contributed by atoms with Crippen LogP contribution in [0.25, 0.3) is 0 Å². The van der Waals surface area contributed by atoms with Crippen LogP contribution in [0.2, 0.25) is 0 Å².